The second-order valence-corrected chi connectivity index (χ2v) is 5.46. The van der Waals surface area contributed by atoms with Gasteiger partial charge in [-0.05, 0) is 36.8 Å². The Hall–Kier alpha value is -1.39. The summed E-state index contributed by atoms with van der Waals surface area (Å²) >= 11 is 0. The summed E-state index contributed by atoms with van der Waals surface area (Å²) in [6.07, 6.45) is 3.03. The number of amides is 1. The molecule has 3 N–H and O–H groups in total. The number of benzene rings is 1. The van der Waals surface area contributed by atoms with Crippen molar-refractivity contribution in [3.63, 3.8) is 0 Å². The van der Waals surface area contributed by atoms with Gasteiger partial charge in [-0.1, -0.05) is 36.8 Å². The lowest BCUT2D eigenvalue weighted by molar-refractivity contribution is -0.131. The fraction of sp³-hybridized carbons (Fsp3) is 0.562. The lowest BCUT2D eigenvalue weighted by Gasteiger charge is -2.21. The maximum absolute atomic E-state index is 12.3. The average molecular weight is 276 g/mol. The largest absolute Gasteiger partial charge is 0.367 e. The van der Waals surface area contributed by atoms with Crippen LogP contribution in [0.25, 0.3) is 0 Å². The van der Waals surface area contributed by atoms with Gasteiger partial charge in [0, 0.05) is 13.7 Å². The number of ether oxygens (including phenoxy) is 1. The quantitative estimate of drug-likeness (QED) is 0.833. The number of carbonyl (C=O) groups excluding carboxylic acids is 1. The van der Waals surface area contributed by atoms with Crippen LogP contribution in [-0.4, -0.2) is 26.1 Å². The highest BCUT2D eigenvalue weighted by Crippen LogP contribution is 2.30. The number of nitrogens with one attached hydrogen (secondary N) is 1. The van der Waals surface area contributed by atoms with Crippen molar-refractivity contribution >= 4 is 5.91 Å². The molecule has 0 bridgehead atoms. The van der Waals surface area contributed by atoms with Crippen molar-refractivity contribution in [2.45, 2.75) is 25.4 Å². The summed E-state index contributed by atoms with van der Waals surface area (Å²) < 4.78 is 5.33. The van der Waals surface area contributed by atoms with Gasteiger partial charge in [0.25, 0.3) is 5.91 Å². The minimum atomic E-state index is -0.533. The zero-order chi connectivity index (χ0) is 14.4. The number of methoxy groups -OCH3 is 1. The van der Waals surface area contributed by atoms with Crippen molar-refractivity contribution in [1.82, 2.24) is 5.32 Å². The highest BCUT2D eigenvalue weighted by molar-refractivity contribution is 5.82. The van der Waals surface area contributed by atoms with Crippen molar-refractivity contribution in [2.24, 2.45) is 17.6 Å². The van der Waals surface area contributed by atoms with E-state index in [0.29, 0.717) is 24.9 Å². The Morgan fingerprint density at radius 1 is 1.35 bits per heavy atom. The molecule has 1 aromatic rings. The lowest BCUT2D eigenvalue weighted by Crippen LogP contribution is -2.36. The van der Waals surface area contributed by atoms with Crippen LogP contribution in [0.1, 0.15) is 30.9 Å². The Morgan fingerprint density at radius 3 is 2.70 bits per heavy atom. The van der Waals surface area contributed by atoms with E-state index in [2.05, 4.69) is 5.32 Å². The minimum Gasteiger partial charge on any atom is -0.367 e. The highest BCUT2D eigenvalue weighted by Gasteiger charge is 2.27. The molecule has 1 aliphatic rings. The summed E-state index contributed by atoms with van der Waals surface area (Å²) in [7, 11) is 1.56. The molecule has 1 amide bonds. The first kappa shape index (κ1) is 15.0. The van der Waals surface area contributed by atoms with Crippen molar-refractivity contribution in [2.75, 3.05) is 20.2 Å². The fourth-order valence-corrected chi connectivity index (χ4v) is 3.04. The van der Waals surface area contributed by atoms with Gasteiger partial charge in [0.1, 0.15) is 0 Å². The van der Waals surface area contributed by atoms with E-state index in [1.54, 1.807) is 7.11 Å². The predicted octanol–water partition coefficient (Wildman–Crippen LogP) is 1.87. The molecule has 110 valence electrons. The molecule has 4 heteroatoms. The molecule has 4 nitrogen and oxygen atoms in total. The second kappa shape index (κ2) is 7.41. The summed E-state index contributed by atoms with van der Waals surface area (Å²) in [6.45, 7) is 1.42. The van der Waals surface area contributed by atoms with Crippen LogP contribution in [0.15, 0.2) is 30.3 Å². The number of rotatable bonds is 6. The van der Waals surface area contributed by atoms with E-state index in [-0.39, 0.29) is 5.91 Å². The SMILES string of the molecule is COC(C(=O)NCC1CCCC1CN)c1ccccc1. The van der Waals surface area contributed by atoms with E-state index >= 15 is 0 Å². The molecule has 0 aliphatic heterocycles. The first-order valence-corrected chi connectivity index (χ1v) is 7.31. The normalized spacial score (nSPS) is 23.5. The van der Waals surface area contributed by atoms with E-state index in [1.807, 2.05) is 30.3 Å². The van der Waals surface area contributed by atoms with Gasteiger partial charge in [-0.15, -0.1) is 0 Å². The molecule has 2 rings (SSSR count). The third-order valence-corrected chi connectivity index (χ3v) is 4.23. The molecule has 0 aromatic heterocycles. The van der Waals surface area contributed by atoms with E-state index in [0.717, 1.165) is 12.0 Å². The summed E-state index contributed by atoms with van der Waals surface area (Å²) in [5.74, 6) is 0.992. The van der Waals surface area contributed by atoms with Gasteiger partial charge in [-0.2, -0.15) is 0 Å². The summed E-state index contributed by atoms with van der Waals surface area (Å²) in [4.78, 5) is 12.3. The van der Waals surface area contributed by atoms with Gasteiger partial charge in [0.2, 0.25) is 0 Å². The molecule has 0 saturated heterocycles. The summed E-state index contributed by atoms with van der Waals surface area (Å²) in [5.41, 5.74) is 6.65. The number of hydrogen-bond acceptors (Lipinski definition) is 3. The van der Waals surface area contributed by atoms with E-state index in [4.69, 9.17) is 10.5 Å². The fourth-order valence-electron chi connectivity index (χ4n) is 3.04. The van der Waals surface area contributed by atoms with E-state index in [1.165, 1.54) is 12.8 Å². The average Bonchev–Trinajstić information content (AvgIpc) is 2.94. The molecule has 20 heavy (non-hydrogen) atoms. The van der Waals surface area contributed by atoms with Gasteiger partial charge in [-0.25, -0.2) is 0 Å². The van der Waals surface area contributed by atoms with Crippen LogP contribution in [0.5, 0.6) is 0 Å². The van der Waals surface area contributed by atoms with Gasteiger partial charge in [0.15, 0.2) is 6.10 Å². The van der Waals surface area contributed by atoms with Crippen LogP contribution in [0, 0.1) is 11.8 Å². The van der Waals surface area contributed by atoms with Gasteiger partial charge in [-0.3, -0.25) is 4.79 Å². The standard InChI is InChI=1S/C16H24N2O2/c1-20-15(12-6-3-2-4-7-12)16(19)18-11-14-9-5-8-13(14)10-17/h2-4,6-7,13-15H,5,8-11,17H2,1H3,(H,18,19). The lowest BCUT2D eigenvalue weighted by atomic mass is 9.96. The monoisotopic (exact) mass is 276 g/mol. The molecule has 3 unspecified atom stereocenters. The van der Waals surface area contributed by atoms with E-state index in [9.17, 15) is 4.79 Å². The van der Waals surface area contributed by atoms with Crippen LogP contribution < -0.4 is 11.1 Å². The molecule has 0 spiro atoms. The van der Waals surface area contributed by atoms with Crippen LogP contribution in [-0.2, 0) is 9.53 Å². The Morgan fingerprint density at radius 2 is 2.05 bits per heavy atom. The Bertz CT molecular complexity index is 422. The topological polar surface area (TPSA) is 64.3 Å². The molecule has 1 aromatic carbocycles. The Labute approximate surface area is 120 Å². The maximum atomic E-state index is 12.3. The second-order valence-electron chi connectivity index (χ2n) is 5.46. The molecular formula is C16H24N2O2. The minimum absolute atomic E-state index is 0.0682. The third kappa shape index (κ3) is 3.58. The molecule has 1 aliphatic carbocycles. The third-order valence-electron chi connectivity index (χ3n) is 4.23. The number of carbonyl (C=O) groups is 1. The Balaban J connectivity index is 1.90. The van der Waals surface area contributed by atoms with Gasteiger partial charge >= 0.3 is 0 Å². The zero-order valence-electron chi connectivity index (χ0n) is 12.0. The van der Waals surface area contributed by atoms with Gasteiger partial charge < -0.3 is 15.8 Å². The van der Waals surface area contributed by atoms with Crippen LogP contribution in [0.3, 0.4) is 0 Å². The summed E-state index contributed by atoms with van der Waals surface area (Å²) in [5, 5.41) is 3.02. The van der Waals surface area contributed by atoms with Crippen molar-refractivity contribution in [3.05, 3.63) is 35.9 Å². The molecule has 1 fully saturated rings. The Kier molecular flexibility index (Phi) is 5.56. The van der Waals surface area contributed by atoms with Crippen molar-refractivity contribution in [3.8, 4) is 0 Å². The van der Waals surface area contributed by atoms with E-state index < -0.39 is 6.10 Å². The van der Waals surface area contributed by atoms with Gasteiger partial charge in [0.05, 0.1) is 0 Å². The maximum Gasteiger partial charge on any atom is 0.253 e. The predicted molar refractivity (Wildman–Crippen MR) is 79.1 cm³/mol. The van der Waals surface area contributed by atoms with Crippen molar-refractivity contribution in [1.29, 1.82) is 0 Å². The summed E-state index contributed by atoms with van der Waals surface area (Å²) in [6, 6.07) is 9.57. The first-order valence-electron chi connectivity index (χ1n) is 7.31. The molecule has 0 radical (unpaired) electrons. The highest BCUT2D eigenvalue weighted by atomic mass is 16.5. The molecule has 3 atom stereocenters. The molecule has 0 heterocycles. The first-order chi connectivity index (χ1) is 9.76. The number of hydrogen-bond donors (Lipinski definition) is 2. The molecular weight excluding hydrogens is 252 g/mol. The molecule has 1 saturated carbocycles. The van der Waals surface area contributed by atoms with Crippen LogP contribution in [0.4, 0.5) is 0 Å². The zero-order valence-corrected chi connectivity index (χ0v) is 12.0. The smallest absolute Gasteiger partial charge is 0.253 e. The number of nitrogens with two attached hydrogens (primary N) is 1. The van der Waals surface area contributed by atoms with Crippen LogP contribution >= 0.6 is 0 Å². The van der Waals surface area contributed by atoms with Crippen molar-refractivity contribution < 1.29 is 9.53 Å². The van der Waals surface area contributed by atoms with Crippen LogP contribution in [0.2, 0.25) is 0 Å².